The Morgan fingerprint density at radius 3 is 2.69 bits per heavy atom. The minimum Gasteiger partial charge on any atom is -0.452 e. The van der Waals surface area contributed by atoms with Gasteiger partial charge in [0.1, 0.15) is 5.82 Å². The van der Waals surface area contributed by atoms with Crippen molar-refractivity contribution < 1.29 is 23.6 Å². The number of nitro groups is 1. The highest BCUT2D eigenvalue weighted by Gasteiger charge is 2.18. The molecule has 0 saturated carbocycles. The van der Waals surface area contributed by atoms with Gasteiger partial charge in [-0.2, -0.15) is 0 Å². The third-order valence-electron chi connectivity index (χ3n) is 4.48. The first-order valence-corrected chi connectivity index (χ1v) is 10.1. The number of pyridine rings is 1. The molecule has 4 rings (SSSR count). The largest absolute Gasteiger partial charge is 0.452 e. The van der Waals surface area contributed by atoms with Gasteiger partial charge in [-0.1, -0.05) is 24.3 Å². The van der Waals surface area contributed by atoms with E-state index in [1.807, 2.05) is 17.5 Å². The number of ether oxygens (including phenoxy) is 1. The molecule has 0 aliphatic heterocycles. The first-order chi connectivity index (χ1) is 15.4. The van der Waals surface area contributed by atoms with Crippen molar-refractivity contribution in [1.82, 2.24) is 4.98 Å². The number of rotatable bonds is 6. The van der Waals surface area contributed by atoms with E-state index in [0.29, 0.717) is 16.6 Å². The van der Waals surface area contributed by atoms with Gasteiger partial charge in [0.15, 0.2) is 6.61 Å². The van der Waals surface area contributed by atoms with Crippen LogP contribution in [0.15, 0.2) is 66.0 Å². The summed E-state index contributed by atoms with van der Waals surface area (Å²) in [7, 11) is 0. The van der Waals surface area contributed by atoms with Crippen LogP contribution in [0.1, 0.15) is 10.4 Å². The van der Waals surface area contributed by atoms with Crippen molar-refractivity contribution in [3.8, 4) is 10.6 Å². The van der Waals surface area contributed by atoms with Gasteiger partial charge in [0.05, 0.1) is 32.3 Å². The van der Waals surface area contributed by atoms with Gasteiger partial charge in [-0.25, -0.2) is 14.2 Å². The summed E-state index contributed by atoms with van der Waals surface area (Å²) in [6, 6.07) is 15.1. The second-order valence-corrected chi connectivity index (χ2v) is 7.54. The van der Waals surface area contributed by atoms with Crippen LogP contribution in [0.25, 0.3) is 21.5 Å². The first kappa shape index (κ1) is 21.1. The molecule has 8 nitrogen and oxygen atoms in total. The zero-order valence-electron chi connectivity index (χ0n) is 16.3. The Balaban J connectivity index is 1.53. The Labute approximate surface area is 184 Å². The van der Waals surface area contributed by atoms with Crippen LogP contribution in [0, 0.1) is 15.9 Å². The van der Waals surface area contributed by atoms with E-state index in [1.165, 1.54) is 11.3 Å². The Hall–Kier alpha value is -4.18. The summed E-state index contributed by atoms with van der Waals surface area (Å²) in [5, 5.41) is 15.5. The van der Waals surface area contributed by atoms with Gasteiger partial charge in [-0.15, -0.1) is 11.3 Å². The second-order valence-electron chi connectivity index (χ2n) is 6.60. The number of carbonyl (C=O) groups is 2. The average Bonchev–Trinajstić information content (AvgIpc) is 3.33. The van der Waals surface area contributed by atoms with Crippen LogP contribution in [0.5, 0.6) is 0 Å². The summed E-state index contributed by atoms with van der Waals surface area (Å²) in [5.74, 6) is -2.44. The maximum atomic E-state index is 13.9. The summed E-state index contributed by atoms with van der Waals surface area (Å²) in [6.07, 6.45) is 0. The summed E-state index contributed by atoms with van der Waals surface area (Å²) in [5.41, 5.74) is 0.646. The third kappa shape index (κ3) is 4.44. The third-order valence-corrected chi connectivity index (χ3v) is 5.37. The van der Waals surface area contributed by atoms with Gasteiger partial charge in [-0.05, 0) is 29.6 Å². The standard InChI is InChI=1S/C22H14FN3O5S/c23-16-8-7-13(26(29)30)10-18(16)25-21(27)12-31-22(28)15-11-19(20-6-3-9-32-20)24-17-5-2-1-4-14(15)17/h1-11H,12H2,(H,25,27). The van der Waals surface area contributed by atoms with Crippen LogP contribution in [0.4, 0.5) is 15.8 Å². The molecule has 0 spiro atoms. The predicted octanol–water partition coefficient (Wildman–Crippen LogP) is 4.81. The van der Waals surface area contributed by atoms with E-state index in [-0.39, 0.29) is 16.9 Å². The molecule has 0 aliphatic rings. The molecule has 2 heterocycles. The highest BCUT2D eigenvalue weighted by Crippen LogP contribution is 2.28. The number of esters is 1. The number of nitrogens with zero attached hydrogens (tertiary/aromatic N) is 2. The van der Waals surface area contributed by atoms with E-state index in [9.17, 15) is 24.1 Å². The predicted molar refractivity (Wildman–Crippen MR) is 117 cm³/mol. The van der Waals surface area contributed by atoms with Gasteiger partial charge >= 0.3 is 5.97 Å². The first-order valence-electron chi connectivity index (χ1n) is 9.27. The molecule has 1 amide bonds. The van der Waals surface area contributed by atoms with Crippen LogP contribution in [-0.4, -0.2) is 28.4 Å². The normalized spacial score (nSPS) is 10.7. The van der Waals surface area contributed by atoms with E-state index < -0.39 is 29.2 Å². The number of thiophene rings is 1. The van der Waals surface area contributed by atoms with E-state index in [1.54, 1.807) is 30.3 Å². The fraction of sp³-hybridized carbons (Fsp3) is 0.0455. The van der Waals surface area contributed by atoms with Crippen molar-refractivity contribution in [1.29, 1.82) is 0 Å². The number of halogens is 1. The zero-order valence-corrected chi connectivity index (χ0v) is 17.1. The lowest BCUT2D eigenvalue weighted by atomic mass is 10.1. The van der Waals surface area contributed by atoms with Crippen LogP contribution in [0.3, 0.4) is 0 Å². The van der Waals surface area contributed by atoms with Crippen LogP contribution < -0.4 is 5.32 Å². The molecule has 2 aromatic heterocycles. The fourth-order valence-electron chi connectivity index (χ4n) is 3.01. The van der Waals surface area contributed by atoms with E-state index in [4.69, 9.17) is 4.74 Å². The van der Waals surface area contributed by atoms with Gasteiger partial charge in [0.25, 0.3) is 11.6 Å². The number of nitro benzene ring substituents is 1. The number of nitrogens with one attached hydrogen (secondary N) is 1. The van der Waals surface area contributed by atoms with Gasteiger partial charge in [0, 0.05) is 17.5 Å². The lowest BCUT2D eigenvalue weighted by Gasteiger charge is -2.10. The van der Waals surface area contributed by atoms with E-state index >= 15 is 0 Å². The molecule has 10 heteroatoms. The molecule has 0 atom stereocenters. The monoisotopic (exact) mass is 451 g/mol. The summed E-state index contributed by atoms with van der Waals surface area (Å²) < 4.78 is 19.0. The van der Waals surface area contributed by atoms with Crippen molar-refractivity contribution >= 4 is 45.5 Å². The lowest BCUT2D eigenvalue weighted by molar-refractivity contribution is -0.384. The molecule has 0 radical (unpaired) electrons. The SMILES string of the molecule is O=C(COC(=O)c1cc(-c2cccs2)nc2ccccc12)Nc1cc([N+](=O)[O-])ccc1F. The molecular formula is C22H14FN3O5S. The van der Waals surface area contributed by atoms with Crippen LogP contribution >= 0.6 is 11.3 Å². The zero-order chi connectivity index (χ0) is 22.7. The number of anilines is 1. The van der Waals surface area contributed by atoms with Crippen LogP contribution in [0.2, 0.25) is 0 Å². The number of carbonyl (C=O) groups excluding carboxylic acids is 2. The van der Waals surface area contributed by atoms with Gasteiger partial charge < -0.3 is 10.1 Å². The summed E-state index contributed by atoms with van der Waals surface area (Å²) >= 11 is 1.47. The second kappa shape index (κ2) is 8.90. The minimum atomic E-state index is -0.851. The number of benzene rings is 2. The molecule has 2 aromatic carbocycles. The highest BCUT2D eigenvalue weighted by atomic mass is 32.1. The van der Waals surface area contributed by atoms with Crippen molar-refractivity contribution in [2.24, 2.45) is 0 Å². The molecule has 0 fully saturated rings. The molecule has 0 saturated heterocycles. The number of para-hydroxylation sites is 1. The highest BCUT2D eigenvalue weighted by molar-refractivity contribution is 7.13. The molecule has 1 N–H and O–H groups in total. The maximum absolute atomic E-state index is 13.9. The summed E-state index contributed by atoms with van der Waals surface area (Å²) in [6.45, 7) is -0.702. The number of non-ortho nitro benzene ring substituents is 1. The topological polar surface area (TPSA) is 111 Å². The molecule has 0 unspecified atom stereocenters. The number of hydrogen-bond donors (Lipinski definition) is 1. The van der Waals surface area contributed by atoms with Crippen molar-refractivity contribution in [3.63, 3.8) is 0 Å². The van der Waals surface area contributed by atoms with Crippen molar-refractivity contribution in [3.05, 3.63) is 87.5 Å². The molecule has 32 heavy (non-hydrogen) atoms. The van der Waals surface area contributed by atoms with Gasteiger partial charge in [-0.3, -0.25) is 14.9 Å². The Bertz CT molecular complexity index is 1340. The van der Waals surface area contributed by atoms with Crippen molar-refractivity contribution in [2.45, 2.75) is 0 Å². The molecule has 160 valence electrons. The quantitative estimate of drug-likeness (QED) is 0.256. The smallest absolute Gasteiger partial charge is 0.339 e. The van der Waals surface area contributed by atoms with Crippen LogP contribution in [-0.2, 0) is 9.53 Å². The molecule has 4 aromatic rings. The van der Waals surface area contributed by atoms with E-state index in [2.05, 4.69) is 10.3 Å². The van der Waals surface area contributed by atoms with Gasteiger partial charge in [0.2, 0.25) is 0 Å². The molecule has 0 bridgehead atoms. The fourth-order valence-corrected chi connectivity index (χ4v) is 3.70. The number of amides is 1. The van der Waals surface area contributed by atoms with Crippen molar-refractivity contribution in [2.75, 3.05) is 11.9 Å². The Kier molecular flexibility index (Phi) is 5.86. The number of aromatic nitrogens is 1. The average molecular weight is 451 g/mol. The summed E-state index contributed by atoms with van der Waals surface area (Å²) in [4.78, 5) is 40.5. The minimum absolute atomic E-state index is 0.230. The maximum Gasteiger partial charge on any atom is 0.339 e. The lowest BCUT2D eigenvalue weighted by Crippen LogP contribution is -2.21. The number of hydrogen-bond acceptors (Lipinski definition) is 7. The molecule has 0 aliphatic carbocycles. The molecular weight excluding hydrogens is 437 g/mol. The van der Waals surface area contributed by atoms with E-state index in [0.717, 1.165) is 23.1 Å². The number of fused-ring (bicyclic) bond motifs is 1. The Morgan fingerprint density at radius 1 is 1.12 bits per heavy atom. The Morgan fingerprint density at radius 2 is 1.94 bits per heavy atom.